The van der Waals surface area contributed by atoms with Crippen molar-refractivity contribution in [1.82, 2.24) is 10.2 Å². The first-order valence-corrected chi connectivity index (χ1v) is 6.90. The summed E-state index contributed by atoms with van der Waals surface area (Å²) < 4.78 is 18.5. The third-order valence-corrected chi connectivity index (χ3v) is 3.74. The topological polar surface area (TPSA) is 24.5 Å². The molecule has 1 heterocycles. The van der Waals surface area contributed by atoms with Gasteiger partial charge in [0.05, 0.1) is 7.11 Å². The summed E-state index contributed by atoms with van der Waals surface area (Å²) in [6, 6.07) is 4.71. The molecule has 1 atom stereocenters. The van der Waals surface area contributed by atoms with Crippen LogP contribution in [0.2, 0.25) is 0 Å². The number of halogens is 1. The van der Waals surface area contributed by atoms with Gasteiger partial charge >= 0.3 is 0 Å². The Balaban J connectivity index is 1.85. The van der Waals surface area contributed by atoms with E-state index >= 15 is 0 Å². The fourth-order valence-corrected chi connectivity index (χ4v) is 2.66. The van der Waals surface area contributed by atoms with Crippen LogP contribution in [-0.4, -0.2) is 45.2 Å². The smallest absolute Gasteiger partial charge is 0.123 e. The Hall–Kier alpha value is -1.13. The first-order valence-electron chi connectivity index (χ1n) is 6.90. The van der Waals surface area contributed by atoms with Crippen molar-refractivity contribution in [2.75, 3.05) is 40.3 Å². The lowest BCUT2D eigenvalue weighted by Crippen LogP contribution is -2.28. The molecule has 0 amide bonds. The quantitative estimate of drug-likeness (QED) is 0.851. The average Bonchev–Trinajstić information content (AvgIpc) is 2.89. The van der Waals surface area contributed by atoms with E-state index < -0.39 is 0 Å². The maximum atomic E-state index is 13.3. The highest BCUT2D eigenvalue weighted by Gasteiger charge is 2.16. The molecule has 2 rings (SSSR count). The summed E-state index contributed by atoms with van der Waals surface area (Å²) in [4.78, 5) is 2.32. The van der Waals surface area contributed by atoms with Crippen molar-refractivity contribution in [3.8, 4) is 5.75 Å². The van der Waals surface area contributed by atoms with E-state index in [0.29, 0.717) is 0 Å². The van der Waals surface area contributed by atoms with Gasteiger partial charge in [-0.2, -0.15) is 0 Å². The molecule has 1 aromatic carbocycles. The van der Waals surface area contributed by atoms with Gasteiger partial charge in [0.25, 0.3) is 0 Å². The van der Waals surface area contributed by atoms with E-state index in [1.807, 2.05) is 0 Å². The molecule has 1 N–H and O–H groups in total. The van der Waals surface area contributed by atoms with Crippen molar-refractivity contribution < 1.29 is 9.13 Å². The first kappa shape index (κ1) is 14.3. The van der Waals surface area contributed by atoms with Crippen LogP contribution in [0.15, 0.2) is 18.2 Å². The van der Waals surface area contributed by atoms with Gasteiger partial charge < -0.3 is 15.0 Å². The van der Waals surface area contributed by atoms with Crippen LogP contribution in [0.3, 0.4) is 0 Å². The molecule has 0 radical (unpaired) electrons. The van der Waals surface area contributed by atoms with Gasteiger partial charge in [0.2, 0.25) is 0 Å². The first-order chi connectivity index (χ1) is 9.19. The molecule has 19 heavy (non-hydrogen) atoms. The zero-order chi connectivity index (χ0) is 13.7. The molecular formula is C15H23FN2O. The Morgan fingerprint density at radius 2 is 2.32 bits per heavy atom. The van der Waals surface area contributed by atoms with Crippen LogP contribution in [0.1, 0.15) is 12.0 Å². The summed E-state index contributed by atoms with van der Waals surface area (Å²) in [5.41, 5.74) is 0.943. The van der Waals surface area contributed by atoms with Gasteiger partial charge in [-0.15, -0.1) is 0 Å². The normalized spacial score (nSPS) is 19.1. The van der Waals surface area contributed by atoms with Crippen LogP contribution in [0.4, 0.5) is 4.39 Å². The third-order valence-electron chi connectivity index (χ3n) is 3.74. The van der Waals surface area contributed by atoms with Crippen molar-refractivity contribution in [2.24, 2.45) is 5.92 Å². The molecule has 0 bridgehead atoms. The summed E-state index contributed by atoms with van der Waals surface area (Å²) >= 11 is 0. The Bertz CT molecular complexity index is 405. The number of hydrogen-bond donors (Lipinski definition) is 1. The van der Waals surface area contributed by atoms with Gasteiger partial charge in [-0.05, 0) is 62.7 Å². The Kier molecular flexibility index (Phi) is 5.16. The average molecular weight is 266 g/mol. The van der Waals surface area contributed by atoms with Crippen molar-refractivity contribution in [3.63, 3.8) is 0 Å². The van der Waals surface area contributed by atoms with E-state index in [4.69, 9.17) is 4.74 Å². The zero-order valence-electron chi connectivity index (χ0n) is 11.8. The molecule has 4 heteroatoms. The molecule has 0 aliphatic carbocycles. The molecule has 106 valence electrons. The number of benzene rings is 1. The molecule has 1 aromatic rings. The summed E-state index contributed by atoms with van der Waals surface area (Å²) in [5.74, 6) is 1.33. The van der Waals surface area contributed by atoms with E-state index in [0.717, 1.165) is 49.8 Å². The molecular weight excluding hydrogens is 243 g/mol. The molecule has 1 saturated heterocycles. The zero-order valence-corrected chi connectivity index (χ0v) is 11.8. The number of nitrogens with one attached hydrogen (secondary N) is 1. The highest BCUT2D eigenvalue weighted by Crippen LogP contribution is 2.20. The Morgan fingerprint density at radius 3 is 3.00 bits per heavy atom. The molecule has 1 unspecified atom stereocenters. The van der Waals surface area contributed by atoms with Crippen molar-refractivity contribution in [2.45, 2.75) is 12.8 Å². The number of ether oxygens (including phenoxy) is 1. The van der Waals surface area contributed by atoms with Gasteiger partial charge in [-0.3, -0.25) is 0 Å². The second kappa shape index (κ2) is 6.87. The van der Waals surface area contributed by atoms with Crippen LogP contribution in [-0.2, 0) is 6.42 Å². The summed E-state index contributed by atoms with van der Waals surface area (Å²) in [7, 11) is 3.76. The molecule has 1 fully saturated rings. The van der Waals surface area contributed by atoms with E-state index in [2.05, 4.69) is 17.3 Å². The molecule has 0 saturated carbocycles. The number of rotatable bonds is 6. The van der Waals surface area contributed by atoms with Crippen molar-refractivity contribution in [3.05, 3.63) is 29.6 Å². The lowest BCUT2D eigenvalue weighted by molar-refractivity contribution is 0.287. The fraction of sp³-hybridized carbons (Fsp3) is 0.600. The Labute approximate surface area is 114 Å². The Morgan fingerprint density at radius 1 is 1.47 bits per heavy atom. The molecule has 0 spiro atoms. The maximum absolute atomic E-state index is 13.3. The van der Waals surface area contributed by atoms with Crippen molar-refractivity contribution >= 4 is 0 Å². The predicted molar refractivity (Wildman–Crippen MR) is 75.1 cm³/mol. The predicted octanol–water partition coefficient (Wildman–Crippen LogP) is 1.92. The standard InChI is InChI=1S/C15H23FN2O/c1-18(11-12-5-7-17-10-12)8-6-13-9-14(16)3-4-15(13)19-2/h3-4,9,12,17H,5-8,10-11H2,1-2H3. The second-order valence-corrected chi connectivity index (χ2v) is 5.33. The second-order valence-electron chi connectivity index (χ2n) is 5.33. The number of nitrogens with zero attached hydrogens (tertiary/aromatic N) is 1. The molecule has 1 aliphatic rings. The minimum Gasteiger partial charge on any atom is -0.496 e. The molecule has 3 nitrogen and oxygen atoms in total. The lowest BCUT2D eigenvalue weighted by Gasteiger charge is -2.20. The summed E-state index contributed by atoms with van der Waals surface area (Å²) in [6.07, 6.45) is 2.07. The van der Waals surface area contributed by atoms with E-state index in [9.17, 15) is 4.39 Å². The van der Waals surface area contributed by atoms with Gasteiger partial charge in [-0.25, -0.2) is 4.39 Å². The van der Waals surface area contributed by atoms with Crippen LogP contribution >= 0.6 is 0 Å². The minimum absolute atomic E-state index is 0.196. The summed E-state index contributed by atoms with van der Waals surface area (Å²) in [5, 5.41) is 3.38. The van der Waals surface area contributed by atoms with Gasteiger partial charge in [0.15, 0.2) is 0 Å². The van der Waals surface area contributed by atoms with Crippen LogP contribution in [0, 0.1) is 11.7 Å². The highest BCUT2D eigenvalue weighted by molar-refractivity contribution is 5.34. The van der Waals surface area contributed by atoms with Crippen LogP contribution < -0.4 is 10.1 Å². The summed E-state index contributed by atoms with van der Waals surface area (Å²) in [6.45, 7) is 4.28. The van der Waals surface area contributed by atoms with Crippen molar-refractivity contribution in [1.29, 1.82) is 0 Å². The maximum Gasteiger partial charge on any atom is 0.123 e. The number of likely N-dealkylation sites (N-methyl/N-ethyl adjacent to an activating group) is 1. The van der Waals surface area contributed by atoms with E-state index in [1.165, 1.54) is 12.5 Å². The monoisotopic (exact) mass is 266 g/mol. The third kappa shape index (κ3) is 4.18. The molecule has 0 aromatic heterocycles. The molecule has 1 aliphatic heterocycles. The van der Waals surface area contributed by atoms with E-state index in [1.54, 1.807) is 19.2 Å². The van der Waals surface area contributed by atoms with Crippen LogP contribution in [0.25, 0.3) is 0 Å². The number of hydrogen-bond acceptors (Lipinski definition) is 3. The van der Waals surface area contributed by atoms with Crippen LogP contribution in [0.5, 0.6) is 5.75 Å². The number of methoxy groups -OCH3 is 1. The fourth-order valence-electron chi connectivity index (χ4n) is 2.66. The SMILES string of the molecule is COc1ccc(F)cc1CCN(C)CC1CCNC1. The van der Waals surface area contributed by atoms with Gasteiger partial charge in [0, 0.05) is 13.1 Å². The van der Waals surface area contributed by atoms with Gasteiger partial charge in [0.1, 0.15) is 11.6 Å². The van der Waals surface area contributed by atoms with E-state index in [-0.39, 0.29) is 5.82 Å². The largest absolute Gasteiger partial charge is 0.496 e. The minimum atomic E-state index is -0.196. The lowest BCUT2D eigenvalue weighted by atomic mass is 10.1. The highest BCUT2D eigenvalue weighted by atomic mass is 19.1. The van der Waals surface area contributed by atoms with Gasteiger partial charge in [-0.1, -0.05) is 0 Å².